The van der Waals surface area contributed by atoms with E-state index in [9.17, 15) is 26.3 Å². The Morgan fingerprint density at radius 3 is 2.62 bits per heavy atom. The maximum atomic E-state index is 13.8. The van der Waals surface area contributed by atoms with Crippen molar-refractivity contribution in [2.24, 2.45) is 0 Å². The fourth-order valence-corrected chi connectivity index (χ4v) is 7.23. The fraction of sp³-hybridized carbons (Fsp3) is 0.520. The number of nitrogens with one attached hydrogen (secondary N) is 2. The van der Waals surface area contributed by atoms with Crippen LogP contribution in [0.15, 0.2) is 52.3 Å². The summed E-state index contributed by atoms with van der Waals surface area (Å²) in [6.07, 6.45) is 0.778. The lowest BCUT2D eigenvalue weighted by molar-refractivity contribution is -0.0312. The van der Waals surface area contributed by atoms with E-state index in [0.29, 0.717) is 31.6 Å². The third-order valence-electron chi connectivity index (χ3n) is 7.06. The molecule has 2 heterocycles. The number of hydrogen-bond donors (Lipinski definition) is 3. The summed E-state index contributed by atoms with van der Waals surface area (Å²) in [6.45, 7) is 1.08. The summed E-state index contributed by atoms with van der Waals surface area (Å²) in [7, 11) is -4.87. The zero-order valence-corrected chi connectivity index (χ0v) is 23.4. The Morgan fingerprint density at radius 1 is 1.18 bits per heavy atom. The Morgan fingerprint density at radius 2 is 1.92 bits per heavy atom. The highest BCUT2D eigenvalue weighted by Crippen LogP contribution is 2.38. The lowest BCUT2D eigenvalue weighted by Crippen LogP contribution is -2.47. The van der Waals surface area contributed by atoms with Crippen LogP contribution in [0.2, 0.25) is 0 Å². The van der Waals surface area contributed by atoms with Crippen LogP contribution in [0.4, 0.5) is 4.39 Å². The number of methoxy groups -OCH3 is 1. The van der Waals surface area contributed by atoms with E-state index in [2.05, 4.69) is 10.0 Å². The minimum absolute atomic E-state index is 0.0322. The number of hydrogen-bond acceptors (Lipinski definition) is 9. The van der Waals surface area contributed by atoms with Gasteiger partial charge in [-0.2, -0.15) is 4.31 Å². The third-order valence-corrected chi connectivity index (χ3v) is 10.4. The number of aliphatic hydroxyl groups is 1. The molecule has 0 aromatic heterocycles. The molecule has 2 aliphatic rings. The highest BCUT2D eigenvalue weighted by Gasteiger charge is 2.45. The van der Waals surface area contributed by atoms with E-state index < -0.39 is 37.6 Å². The Balaban J connectivity index is 1.25. The SMILES string of the molecule is CNS(=O)(=O)c1cccc(OCC(O)CNC2COC3(CCN(S(=O)(=O)c4cc(F)ccc4OC)CC3)C2)c1. The van der Waals surface area contributed by atoms with Gasteiger partial charge >= 0.3 is 0 Å². The molecule has 2 aromatic carbocycles. The monoisotopic (exact) mass is 587 g/mol. The molecule has 2 fully saturated rings. The molecule has 39 heavy (non-hydrogen) atoms. The number of ether oxygens (including phenoxy) is 3. The second kappa shape index (κ2) is 12.0. The second-order valence-electron chi connectivity index (χ2n) is 9.65. The van der Waals surface area contributed by atoms with Gasteiger partial charge in [0.15, 0.2) is 0 Å². The summed E-state index contributed by atoms with van der Waals surface area (Å²) in [5, 5.41) is 13.6. The molecule has 1 spiro atoms. The van der Waals surface area contributed by atoms with E-state index in [4.69, 9.17) is 14.2 Å². The molecule has 0 bridgehead atoms. The average molecular weight is 588 g/mol. The van der Waals surface area contributed by atoms with Crippen molar-refractivity contribution in [1.29, 1.82) is 0 Å². The number of halogens is 1. The van der Waals surface area contributed by atoms with Crippen LogP contribution in [0.5, 0.6) is 11.5 Å². The lowest BCUT2D eigenvalue weighted by atomic mass is 9.88. The first-order valence-electron chi connectivity index (χ1n) is 12.5. The molecule has 4 rings (SSSR count). The minimum Gasteiger partial charge on any atom is -0.495 e. The van der Waals surface area contributed by atoms with Crippen molar-refractivity contribution in [1.82, 2.24) is 14.3 Å². The maximum absolute atomic E-state index is 13.8. The fourth-order valence-electron chi connectivity index (χ4n) is 4.85. The first kappa shape index (κ1) is 29.6. The molecule has 0 radical (unpaired) electrons. The van der Waals surface area contributed by atoms with E-state index >= 15 is 0 Å². The standard InChI is InChI=1S/C25H34FN3O8S2/c1-27-38(31,32)22-5-3-4-21(13-22)36-17-20(30)15-28-19-14-25(37-16-19)8-10-29(11-9-25)39(33,34)24-12-18(26)6-7-23(24)35-2/h3-7,12-13,19-20,27-28,30H,8-11,14-17H2,1-2H3. The average Bonchev–Trinajstić information content (AvgIpc) is 3.33. The summed E-state index contributed by atoms with van der Waals surface area (Å²) < 4.78 is 84.4. The van der Waals surface area contributed by atoms with Gasteiger partial charge < -0.3 is 24.6 Å². The second-order valence-corrected chi connectivity index (χ2v) is 13.4. The van der Waals surface area contributed by atoms with Gasteiger partial charge in [-0.3, -0.25) is 0 Å². The quantitative estimate of drug-likeness (QED) is 0.352. The Kier molecular flexibility index (Phi) is 9.15. The van der Waals surface area contributed by atoms with Gasteiger partial charge in [-0.1, -0.05) is 6.07 Å². The van der Waals surface area contributed by atoms with Gasteiger partial charge in [0.05, 0.1) is 24.2 Å². The molecule has 2 aliphatic heterocycles. The van der Waals surface area contributed by atoms with Gasteiger partial charge in [-0.25, -0.2) is 25.9 Å². The molecular weight excluding hydrogens is 553 g/mol. The third kappa shape index (κ3) is 6.88. The number of aliphatic hydroxyl groups excluding tert-OH is 1. The van der Waals surface area contributed by atoms with Crippen LogP contribution >= 0.6 is 0 Å². The number of nitrogens with zero attached hydrogens (tertiary/aromatic N) is 1. The molecule has 14 heteroatoms. The zero-order chi connectivity index (χ0) is 28.3. The predicted molar refractivity (Wildman–Crippen MR) is 140 cm³/mol. The van der Waals surface area contributed by atoms with Crippen LogP contribution in [0.25, 0.3) is 0 Å². The molecule has 2 atom stereocenters. The van der Waals surface area contributed by atoms with Crippen LogP contribution < -0.4 is 19.5 Å². The topological polar surface area (TPSA) is 144 Å². The Labute approximate surface area is 228 Å². The molecule has 0 amide bonds. The molecular formula is C25H34FN3O8S2. The molecule has 2 aromatic rings. The summed E-state index contributed by atoms with van der Waals surface area (Å²) in [5.74, 6) is -0.235. The highest BCUT2D eigenvalue weighted by atomic mass is 32.2. The predicted octanol–water partition coefficient (Wildman–Crippen LogP) is 1.08. The summed E-state index contributed by atoms with van der Waals surface area (Å²) in [4.78, 5) is -0.128. The van der Waals surface area contributed by atoms with Gasteiger partial charge in [0.1, 0.15) is 34.9 Å². The largest absolute Gasteiger partial charge is 0.495 e. The van der Waals surface area contributed by atoms with Crippen molar-refractivity contribution in [3.63, 3.8) is 0 Å². The molecule has 216 valence electrons. The van der Waals surface area contributed by atoms with Crippen molar-refractivity contribution in [3.8, 4) is 11.5 Å². The molecule has 11 nitrogen and oxygen atoms in total. The Bertz CT molecular complexity index is 1370. The lowest BCUT2D eigenvalue weighted by Gasteiger charge is -2.38. The van der Waals surface area contributed by atoms with Gasteiger partial charge in [-0.15, -0.1) is 0 Å². The van der Waals surface area contributed by atoms with Crippen molar-refractivity contribution in [2.75, 3.05) is 47.0 Å². The normalized spacial score (nSPS) is 20.7. The molecule has 0 saturated carbocycles. The van der Waals surface area contributed by atoms with Crippen LogP contribution in [0.3, 0.4) is 0 Å². The first-order valence-corrected chi connectivity index (χ1v) is 15.5. The van der Waals surface area contributed by atoms with Crippen molar-refractivity contribution >= 4 is 20.0 Å². The van der Waals surface area contributed by atoms with E-state index in [0.717, 1.165) is 12.1 Å². The van der Waals surface area contributed by atoms with E-state index in [-0.39, 0.29) is 47.8 Å². The smallest absolute Gasteiger partial charge is 0.246 e. The first-order chi connectivity index (χ1) is 18.5. The van der Waals surface area contributed by atoms with Crippen LogP contribution in [-0.4, -0.2) is 91.0 Å². The van der Waals surface area contributed by atoms with Crippen LogP contribution in [0, 0.1) is 5.82 Å². The van der Waals surface area contributed by atoms with Crippen molar-refractivity contribution in [3.05, 3.63) is 48.3 Å². The van der Waals surface area contributed by atoms with E-state index in [1.807, 2.05) is 0 Å². The van der Waals surface area contributed by atoms with E-state index in [1.54, 1.807) is 12.1 Å². The van der Waals surface area contributed by atoms with E-state index in [1.165, 1.54) is 36.7 Å². The summed E-state index contributed by atoms with van der Waals surface area (Å²) >= 11 is 0. The molecule has 2 unspecified atom stereocenters. The molecule has 0 aliphatic carbocycles. The summed E-state index contributed by atoms with van der Waals surface area (Å²) in [6, 6.07) is 9.40. The maximum Gasteiger partial charge on any atom is 0.246 e. The van der Waals surface area contributed by atoms with Gasteiger partial charge in [0.25, 0.3) is 0 Å². The highest BCUT2D eigenvalue weighted by molar-refractivity contribution is 7.89. The van der Waals surface area contributed by atoms with Gasteiger partial charge in [-0.05, 0) is 56.6 Å². The number of benzene rings is 2. The molecule has 2 saturated heterocycles. The summed E-state index contributed by atoms with van der Waals surface area (Å²) in [5.41, 5.74) is -0.476. The number of rotatable bonds is 11. The van der Waals surface area contributed by atoms with Crippen LogP contribution in [-0.2, 0) is 24.8 Å². The van der Waals surface area contributed by atoms with Gasteiger partial charge in [0.2, 0.25) is 20.0 Å². The Hall–Kier alpha value is -2.33. The number of piperidine rings is 1. The van der Waals surface area contributed by atoms with Crippen molar-refractivity contribution < 1.29 is 40.5 Å². The number of sulfonamides is 2. The van der Waals surface area contributed by atoms with Crippen LogP contribution in [0.1, 0.15) is 19.3 Å². The van der Waals surface area contributed by atoms with Gasteiger partial charge in [0, 0.05) is 31.7 Å². The van der Waals surface area contributed by atoms with Crippen molar-refractivity contribution in [2.45, 2.75) is 46.8 Å². The molecule has 3 N–H and O–H groups in total. The zero-order valence-electron chi connectivity index (χ0n) is 21.8. The minimum atomic E-state index is -3.94.